The van der Waals surface area contributed by atoms with E-state index < -0.39 is 23.3 Å². The van der Waals surface area contributed by atoms with E-state index in [1.807, 2.05) is 0 Å². The van der Waals surface area contributed by atoms with Crippen molar-refractivity contribution < 1.29 is 23.9 Å². The van der Waals surface area contributed by atoms with Crippen molar-refractivity contribution >= 4 is 29.4 Å². The van der Waals surface area contributed by atoms with Crippen LogP contribution >= 0.6 is 0 Å². The third-order valence-electron chi connectivity index (χ3n) is 5.89. The molecule has 0 aliphatic rings. The van der Waals surface area contributed by atoms with Gasteiger partial charge in [0.15, 0.2) is 0 Å². The molecule has 3 N–H and O–H groups in total. The lowest BCUT2D eigenvalue weighted by Crippen LogP contribution is -2.37. The number of likely N-dealkylation sites (N-methyl/N-ethyl adjacent to an activating group) is 1. The number of hydrogen-bond donors (Lipinski definition) is 3. The quantitative estimate of drug-likeness (QED) is 0.229. The summed E-state index contributed by atoms with van der Waals surface area (Å²) in [7, 11) is 2.86. The molecule has 1 heterocycles. The van der Waals surface area contributed by atoms with Crippen molar-refractivity contribution in [3.05, 3.63) is 77.2 Å². The van der Waals surface area contributed by atoms with Crippen molar-refractivity contribution in [2.24, 2.45) is 5.92 Å². The molecule has 0 aliphatic heterocycles. The number of rotatable bonds is 15. The molecule has 0 aliphatic carbocycles. The molecule has 11 heteroatoms. The lowest BCUT2D eigenvalue weighted by Gasteiger charge is -2.18. The molecule has 0 unspecified atom stereocenters. The van der Waals surface area contributed by atoms with E-state index in [0.29, 0.717) is 12.5 Å². The number of hydrogen-bond acceptors (Lipinski definition) is 7. The topological polar surface area (TPSA) is 139 Å². The Labute approximate surface area is 229 Å². The van der Waals surface area contributed by atoms with Crippen LogP contribution in [0.2, 0.25) is 0 Å². The average molecular weight is 542 g/mol. The maximum absolute atomic E-state index is 13.1. The molecule has 0 bridgehead atoms. The molecule has 0 saturated heterocycles. The Bertz CT molecular complexity index is 1180. The second-order valence-corrected chi connectivity index (χ2v) is 8.50. The molecule has 1 aromatic rings. The van der Waals surface area contributed by atoms with E-state index >= 15 is 0 Å². The van der Waals surface area contributed by atoms with Crippen molar-refractivity contribution in [2.75, 3.05) is 26.0 Å². The second kappa shape index (κ2) is 17.2. The van der Waals surface area contributed by atoms with Crippen LogP contribution in [0.25, 0.3) is 0 Å². The number of ether oxygens (including phenoxy) is 1. The summed E-state index contributed by atoms with van der Waals surface area (Å²) in [5, 5.41) is 7.88. The van der Waals surface area contributed by atoms with Crippen LogP contribution in [0.15, 0.2) is 71.6 Å². The molecule has 0 saturated carbocycles. The highest BCUT2D eigenvalue weighted by Crippen LogP contribution is 2.08. The van der Waals surface area contributed by atoms with Crippen molar-refractivity contribution in [3.63, 3.8) is 0 Å². The van der Waals surface area contributed by atoms with Crippen LogP contribution < -0.4 is 21.5 Å². The predicted molar refractivity (Wildman–Crippen MR) is 150 cm³/mol. The maximum Gasteiger partial charge on any atom is 0.330 e. The molecule has 1 rings (SSSR count). The van der Waals surface area contributed by atoms with Gasteiger partial charge in [0.05, 0.1) is 7.11 Å². The third kappa shape index (κ3) is 10.8. The fourth-order valence-corrected chi connectivity index (χ4v) is 3.39. The van der Waals surface area contributed by atoms with Crippen LogP contribution in [-0.4, -0.2) is 53.9 Å². The molecular formula is C28H39N5O6. The molecule has 1 aromatic heterocycles. The molecule has 212 valence electrons. The van der Waals surface area contributed by atoms with Gasteiger partial charge in [0.25, 0.3) is 17.4 Å². The van der Waals surface area contributed by atoms with E-state index in [2.05, 4.69) is 41.1 Å². The van der Waals surface area contributed by atoms with Crippen molar-refractivity contribution in [1.82, 2.24) is 20.1 Å². The Morgan fingerprint density at radius 1 is 1.18 bits per heavy atom. The highest BCUT2D eigenvalue weighted by atomic mass is 16.5. The SMILES string of the molecule is C=CN(C)/C(=C\C)C(=O)N/C(=C/C/C=C/C(=O)OC)C(=O)Nc1cccn(CC(=O)NCC(CC)CC)c1=O. The van der Waals surface area contributed by atoms with Crippen LogP contribution in [0.3, 0.4) is 0 Å². The summed E-state index contributed by atoms with van der Waals surface area (Å²) in [6, 6.07) is 2.93. The van der Waals surface area contributed by atoms with E-state index in [1.165, 1.54) is 59.3 Å². The molecule has 0 fully saturated rings. The minimum absolute atomic E-state index is 0.0741. The number of anilines is 1. The van der Waals surface area contributed by atoms with E-state index in [-0.39, 0.29) is 36.0 Å². The molecule has 0 radical (unpaired) electrons. The first-order valence-corrected chi connectivity index (χ1v) is 12.7. The first-order chi connectivity index (χ1) is 18.6. The summed E-state index contributed by atoms with van der Waals surface area (Å²) in [5.74, 6) is -1.88. The standard InChI is InChI=1S/C28H39N5O6/c1-7-20(8-2)18-29-24(34)19-33-17-13-15-22(28(33)38)31-26(36)21(14-11-12-16-25(35)39-6)30-27(37)23(9-3)32(5)10-4/h9-10,12-17,20H,4,7-8,11,18-19H2,1-3,5-6H3,(H,29,34)(H,30,37)(H,31,36)/b16-12+,21-14+,23-9-. The summed E-state index contributed by atoms with van der Waals surface area (Å²) in [6.07, 6.45) is 10.4. The Balaban J connectivity index is 3.14. The van der Waals surface area contributed by atoms with Gasteiger partial charge >= 0.3 is 5.97 Å². The normalized spacial score (nSPS) is 11.7. The van der Waals surface area contributed by atoms with Gasteiger partial charge in [0, 0.05) is 25.9 Å². The van der Waals surface area contributed by atoms with Crippen LogP contribution in [0.4, 0.5) is 5.69 Å². The summed E-state index contributed by atoms with van der Waals surface area (Å²) in [6.45, 7) is 9.69. The molecule has 0 spiro atoms. The van der Waals surface area contributed by atoms with E-state index in [9.17, 15) is 24.0 Å². The molecule has 0 aromatic carbocycles. The third-order valence-corrected chi connectivity index (χ3v) is 5.89. The van der Waals surface area contributed by atoms with Crippen LogP contribution in [0, 0.1) is 5.92 Å². The first kappa shape index (κ1) is 32.6. The van der Waals surface area contributed by atoms with E-state index in [1.54, 1.807) is 20.0 Å². The molecular weight excluding hydrogens is 502 g/mol. The Morgan fingerprint density at radius 3 is 2.46 bits per heavy atom. The Morgan fingerprint density at radius 2 is 1.87 bits per heavy atom. The van der Waals surface area contributed by atoms with Gasteiger partial charge < -0.3 is 30.2 Å². The lowest BCUT2D eigenvalue weighted by atomic mass is 10.0. The number of allylic oxidation sites excluding steroid dienone is 3. The lowest BCUT2D eigenvalue weighted by molar-refractivity contribution is -0.134. The van der Waals surface area contributed by atoms with Gasteiger partial charge in [-0.2, -0.15) is 0 Å². The fraction of sp³-hybridized carbons (Fsp3) is 0.393. The minimum Gasteiger partial charge on any atom is -0.466 e. The molecule has 0 atom stereocenters. The summed E-state index contributed by atoms with van der Waals surface area (Å²) >= 11 is 0. The number of nitrogens with one attached hydrogen (secondary N) is 3. The van der Waals surface area contributed by atoms with Gasteiger partial charge in [-0.15, -0.1) is 0 Å². The van der Waals surface area contributed by atoms with E-state index in [4.69, 9.17) is 0 Å². The zero-order valence-corrected chi connectivity index (χ0v) is 23.3. The van der Waals surface area contributed by atoms with Crippen LogP contribution in [0.5, 0.6) is 0 Å². The summed E-state index contributed by atoms with van der Waals surface area (Å²) < 4.78 is 5.73. The maximum atomic E-state index is 13.1. The summed E-state index contributed by atoms with van der Waals surface area (Å²) in [5.41, 5.74) is -0.574. The largest absolute Gasteiger partial charge is 0.466 e. The fourth-order valence-electron chi connectivity index (χ4n) is 3.39. The number of carbonyl (C=O) groups is 4. The number of methoxy groups -OCH3 is 1. The molecule has 11 nitrogen and oxygen atoms in total. The Hall–Kier alpha value is -4.41. The first-order valence-electron chi connectivity index (χ1n) is 12.7. The zero-order chi connectivity index (χ0) is 29.4. The number of pyridine rings is 1. The Kier molecular flexibility index (Phi) is 14.4. The minimum atomic E-state index is -0.764. The second-order valence-electron chi connectivity index (χ2n) is 8.50. The van der Waals surface area contributed by atoms with Gasteiger partial charge in [0.2, 0.25) is 5.91 Å². The van der Waals surface area contributed by atoms with E-state index in [0.717, 1.165) is 12.8 Å². The predicted octanol–water partition coefficient (Wildman–Crippen LogP) is 2.44. The van der Waals surface area contributed by atoms with Gasteiger partial charge in [0.1, 0.15) is 23.6 Å². The van der Waals surface area contributed by atoms with Gasteiger partial charge in [-0.3, -0.25) is 19.2 Å². The highest BCUT2D eigenvalue weighted by molar-refractivity contribution is 6.07. The monoisotopic (exact) mass is 541 g/mol. The molecule has 3 amide bonds. The van der Waals surface area contributed by atoms with Gasteiger partial charge in [-0.1, -0.05) is 51.5 Å². The zero-order valence-electron chi connectivity index (χ0n) is 23.3. The highest BCUT2D eigenvalue weighted by Gasteiger charge is 2.19. The number of aromatic nitrogens is 1. The van der Waals surface area contributed by atoms with Crippen molar-refractivity contribution in [1.29, 1.82) is 0 Å². The van der Waals surface area contributed by atoms with Gasteiger partial charge in [-0.05, 0) is 37.6 Å². The number of carbonyl (C=O) groups excluding carboxylic acids is 4. The van der Waals surface area contributed by atoms with Gasteiger partial charge in [-0.25, -0.2) is 4.79 Å². The number of esters is 1. The number of nitrogens with zero attached hydrogens (tertiary/aromatic N) is 2. The van der Waals surface area contributed by atoms with Crippen molar-refractivity contribution in [3.8, 4) is 0 Å². The smallest absolute Gasteiger partial charge is 0.330 e. The number of amides is 3. The summed E-state index contributed by atoms with van der Waals surface area (Å²) in [4.78, 5) is 64.1. The molecule has 39 heavy (non-hydrogen) atoms. The average Bonchev–Trinajstić information content (AvgIpc) is 2.93. The van der Waals surface area contributed by atoms with Crippen molar-refractivity contribution in [2.45, 2.75) is 46.6 Å². The van der Waals surface area contributed by atoms with Crippen LogP contribution in [0.1, 0.15) is 40.0 Å². The van der Waals surface area contributed by atoms with Crippen LogP contribution in [-0.2, 0) is 30.5 Å².